The molecule has 0 bridgehead atoms. The number of piperidine rings is 1. The smallest absolute Gasteiger partial charge is 0.355 e. The van der Waals surface area contributed by atoms with Gasteiger partial charge in [0.05, 0.1) is 21.8 Å². The highest BCUT2D eigenvalue weighted by atomic mass is 35.5. The van der Waals surface area contributed by atoms with Crippen molar-refractivity contribution in [2.24, 2.45) is 5.73 Å². The molecule has 39 heavy (non-hydrogen) atoms. The maximum Gasteiger partial charge on any atom is 0.355 e. The van der Waals surface area contributed by atoms with E-state index in [-0.39, 0.29) is 29.5 Å². The Kier molecular flexibility index (Phi) is 7.91. The molecular weight excluding hydrogens is 561 g/mol. The number of nitrogens with two attached hydrogens (primary N) is 1. The summed E-state index contributed by atoms with van der Waals surface area (Å²) < 4.78 is 6.19. The van der Waals surface area contributed by atoms with E-state index in [9.17, 15) is 14.7 Å². The van der Waals surface area contributed by atoms with Gasteiger partial charge in [0.15, 0.2) is 11.5 Å². The van der Waals surface area contributed by atoms with Gasteiger partial charge in [-0.1, -0.05) is 58.7 Å². The lowest BCUT2D eigenvalue weighted by Gasteiger charge is -2.46. The second-order valence-electron chi connectivity index (χ2n) is 9.98. The lowest BCUT2D eigenvalue weighted by molar-refractivity contribution is -0.134. The SMILES string of the molecule is CC(C)N1CCC(N2C(Cl)=C(C(=O)O)N(Cc3cc(-c4ccc(Cl)s4)on3)C2c2ccccc2)CC1C(N)=O. The summed E-state index contributed by atoms with van der Waals surface area (Å²) in [7, 11) is 0. The Balaban J connectivity index is 1.52. The van der Waals surface area contributed by atoms with E-state index < -0.39 is 24.1 Å². The second kappa shape index (κ2) is 11.2. The van der Waals surface area contributed by atoms with Gasteiger partial charge in [-0.3, -0.25) is 9.69 Å². The maximum absolute atomic E-state index is 12.6. The summed E-state index contributed by atoms with van der Waals surface area (Å²) >= 11 is 14.4. The summed E-state index contributed by atoms with van der Waals surface area (Å²) in [4.78, 5) is 31.6. The molecular formula is C27H29Cl2N5O4S. The molecule has 3 N–H and O–H groups in total. The van der Waals surface area contributed by atoms with Crippen molar-refractivity contribution in [2.45, 2.75) is 57.5 Å². The Morgan fingerprint density at radius 2 is 1.95 bits per heavy atom. The molecule has 3 aromatic rings. The molecule has 3 unspecified atom stereocenters. The molecule has 0 aliphatic carbocycles. The average molecular weight is 591 g/mol. The molecule has 1 aromatic carbocycles. The maximum atomic E-state index is 12.6. The van der Waals surface area contributed by atoms with Crippen molar-refractivity contribution >= 4 is 46.4 Å². The predicted molar refractivity (Wildman–Crippen MR) is 150 cm³/mol. The number of rotatable bonds is 8. The molecule has 2 aromatic heterocycles. The first-order valence-electron chi connectivity index (χ1n) is 12.6. The van der Waals surface area contributed by atoms with Crippen molar-refractivity contribution in [3.63, 3.8) is 0 Å². The van der Waals surface area contributed by atoms with Crippen LogP contribution in [0.2, 0.25) is 4.34 Å². The summed E-state index contributed by atoms with van der Waals surface area (Å²) in [6, 6.07) is 14.4. The van der Waals surface area contributed by atoms with E-state index in [1.54, 1.807) is 17.0 Å². The van der Waals surface area contributed by atoms with Crippen LogP contribution in [0, 0.1) is 0 Å². The topological polar surface area (TPSA) is 116 Å². The summed E-state index contributed by atoms with van der Waals surface area (Å²) in [5, 5.41) is 14.6. The number of thiophene rings is 1. The lowest BCUT2D eigenvalue weighted by Crippen LogP contribution is -2.56. The molecule has 1 saturated heterocycles. The molecule has 2 aliphatic rings. The Morgan fingerprint density at radius 3 is 2.56 bits per heavy atom. The normalized spacial score (nSPS) is 22.2. The number of likely N-dealkylation sites (tertiary alicyclic amines) is 1. The quantitative estimate of drug-likeness (QED) is 0.349. The molecule has 0 radical (unpaired) electrons. The van der Waals surface area contributed by atoms with Crippen LogP contribution in [-0.4, -0.2) is 61.5 Å². The zero-order chi connectivity index (χ0) is 27.8. The van der Waals surface area contributed by atoms with Gasteiger partial charge in [-0.25, -0.2) is 4.79 Å². The first-order valence-corrected chi connectivity index (χ1v) is 14.2. The van der Waals surface area contributed by atoms with Gasteiger partial charge in [-0.05, 0) is 44.4 Å². The largest absolute Gasteiger partial charge is 0.476 e. The van der Waals surface area contributed by atoms with Crippen molar-refractivity contribution in [3.05, 3.63) is 75.0 Å². The Labute approximate surface area is 240 Å². The summed E-state index contributed by atoms with van der Waals surface area (Å²) in [6.45, 7) is 4.84. The van der Waals surface area contributed by atoms with Crippen LogP contribution < -0.4 is 5.73 Å². The van der Waals surface area contributed by atoms with Gasteiger partial charge in [0.2, 0.25) is 5.91 Å². The van der Waals surface area contributed by atoms with E-state index >= 15 is 0 Å². The highest BCUT2D eigenvalue weighted by molar-refractivity contribution is 7.19. The number of carboxylic acid groups (broad SMARTS) is 1. The first kappa shape index (κ1) is 27.5. The zero-order valence-corrected chi connectivity index (χ0v) is 23.8. The first-order chi connectivity index (χ1) is 18.7. The molecule has 1 amide bonds. The van der Waals surface area contributed by atoms with Crippen LogP contribution in [0.25, 0.3) is 10.6 Å². The van der Waals surface area contributed by atoms with Gasteiger partial charge >= 0.3 is 5.97 Å². The number of amides is 1. The average Bonchev–Trinajstić information content (AvgIpc) is 3.61. The van der Waals surface area contributed by atoms with E-state index in [4.69, 9.17) is 33.5 Å². The van der Waals surface area contributed by atoms with Crippen LogP contribution in [0.15, 0.2) is 63.9 Å². The fourth-order valence-electron chi connectivity index (χ4n) is 5.56. The fourth-order valence-corrected chi connectivity index (χ4v) is 6.97. The monoisotopic (exact) mass is 589 g/mol. The summed E-state index contributed by atoms with van der Waals surface area (Å²) in [5.41, 5.74) is 7.20. The second-order valence-corrected chi connectivity index (χ2v) is 12.1. The highest BCUT2D eigenvalue weighted by Crippen LogP contribution is 2.46. The van der Waals surface area contributed by atoms with Crippen LogP contribution in [0.5, 0.6) is 0 Å². The number of nitrogens with zero attached hydrogens (tertiary/aromatic N) is 4. The van der Waals surface area contributed by atoms with Crippen molar-refractivity contribution in [2.75, 3.05) is 6.54 Å². The number of aromatic nitrogens is 1. The zero-order valence-electron chi connectivity index (χ0n) is 21.5. The third kappa shape index (κ3) is 5.38. The van der Waals surface area contributed by atoms with Crippen molar-refractivity contribution < 1.29 is 19.2 Å². The number of carboxylic acids is 1. The van der Waals surface area contributed by atoms with Gasteiger partial charge in [-0.2, -0.15) is 0 Å². The molecule has 2 aliphatic heterocycles. The third-order valence-electron chi connectivity index (χ3n) is 7.28. The van der Waals surface area contributed by atoms with Crippen LogP contribution in [-0.2, 0) is 16.1 Å². The molecule has 206 valence electrons. The minimum atomic E-state index is -1.15. The van der Waals surface area contributed by atoms with Crippen LogP contribution in [0.1, 0.15) is 44.1 Å². The lowest BCUT2D eigenvalue weighted by atomic mass is 9.93. The summed E-state index contributed by atoms with van der Waals surface area (Å²) in [6.07, 6.45) is 0.585. The minimum Gasteiger partial charge on any atom is -0.476 e. The molecule has 1 fully saturated rings. The molecule has 12 heteroatoms. The standard InChI is InChI=1S/C27H29Cl2N5O4S/c1-15(2)32-11-10-18(13-19(32)25(30)35)34-24(29)23(27(36)37)33(26(34)16-6-4-3-5-7-16)14-17-12-20(38-31-17)21-8-9-22(28)39-21/h3-9,12,15,18-19,26H,10-11,13-14H2,1-2H3,(H2,30,35)(H,36,37). The van der Waals surface area contributed by atoms with Gasteiger partial charge < -0.3 is 25.2 Å². The molecule has 0 saturated carbocycles. The van der Waals surface area contributed by atoms with Crippen molar-refractivity contribution in [3.8, 4) is 10.6 Å². The van der Waals surface area contributed by atoms with Crippen molar-refractivity contribution in [1.29, 1.82) is 0 Å². The number of carbonyl (C=O) groups excluding carboxylic acids is 1. The van der Waals surface area contributed by atoms with E-state index in [0.717, 1.165) is 10.4 Å². The fraction of sp³-hybridized carbons (Fsp3) is 0.370. The van der Waals surface area contributed by atoms with Crippen LogP contribution in [0.3, 0.4) is 0 Å². The number of hydrogen-bond donors (Lipinski definition) is 2. The highest BCUT2D eigenvalue weighted by Gasteiger charge is 2.47. The van der Waals surface area contributed by atoms with Gasteiger partial charge in [-0.15, -0.1) is 11.3 Å². The molecule has 4 heterocycles. The molecule has 3 atom stereocenters. The third-order valence-corrected chi connectivity index (χ3v) is 8.90. The number of aliphatic carboxylic acids is 1. The number of primary amides is 1. The number of halogens is 2. The Hall–Kier alpha value is -3.05. The van der Waals surface area contributed by atoms with Gasteiger partial charge in [0, 0.05) is 24.7 Å². The van der Waals surface area contributed by atoms with E-state index in [2.05, 4.69) is 10.1 Å². The Bertz CT molecular complexity index is 1390. The van der Waals surface area contributed by atoms with Crippen LogP contribution >= 0.6 is 34.5 Å². The van der Waals surface area contributed by atoms with Gasteiger partial charge in [0.1, 0.15) is 17.0 Å². The summed E-state index contributed by atoms with van der Waals surface area (Å²) in [5.74, 6) is -1.00. The Morgan fingerprint density at radius 1 is 1.21 bits per heavy atom. The van der Waals surface area contributed by atoms with Crippen molar-refractivity contribution in [1.82, 2.24) is 19.9 Å². The van der Waals surface area contributed by atoms with E-state index in [1.807, 2.05) is 55.1 Å². The number of carbonyl (C=O) groups is 2. The number of hydrogen-bond acceptors (Lipinski definition) is 8. The predicted octanol–water partition coefficient (Wildman–Crippen LogP) is 5.09. The molecule has 0 spiro atoms. The van der Waals surface area contributed by atoms with Gasteiger partial charge in [0.25, 0.3) is 0 Å². The minimum absolute atomic E-state index is 0.0313. The van der Waals surface area contributed by atoms with Crippen LogP contribution in [0.4, 0.5) is 0 Å². The van der Waals surface area contributed by atoms with E-state index in [1.165, 1.54) is 11.3 Å². The molecule has 9 nitrogen and oxygen atoms in total. The molecule has 5 rings (SSSR count). The van der Waals surface area contributed by atoms with E-state index in [0.29, 0.717) is 35.2 Å². The number of benzene rings is 1.